The Hall–Kier alpha value is -0.905. The first kappa shape index (κ1) is 25.4. The van der Waals surface area contributed by atoms with Crippen LogP contribution < -0.4 is 4.90 Å². The zero-order valence-electron chi connectivity index (χ0n) is 22.8. The van der Waals surface area contributed by atoms with Crippen LogP contribution in [0.5, 0.6) is 0 Å². The van der Waals surface area contributed by atoms with Crippen LogP contribution >= 0.6 is 7.80 Å². The molecule has 0 bridgehead atoms. The Morgan fingerprint density at radius 1 is 1.03 bits per heavy atom. The van der Waals surface area contributed by atoms with Gasteiger partial charge in [0.2, 0.25) is 0 Å². The van der Waals surface area contributed by atoms with Crippen molar-refractivity contribution in [3.8, 4) is 0 Å². The normalized spacial score (nSPS) is 41.6. The Balaban J connectivity index is 1.48. The maximum absolute atomic E-state index is 12.2. The minimum atomic E-state index is -1.30. The van der Waals surface area contributed by atoms with Gasteiger partial charge in [0.15, 0.2) is 0 Å². The molecule has 1 aromatic carbocycles. The van der Waals surface area contributed by atoms with Crippen molar-refractivity contribution in [2.75, 3.05) is 38.9 Å². The molecule has 1 heterocycles. The van der Waals surface area contributed by atoms with Crippen LogP contribution in [0.4, 0.5) is 5.69 Å². The molecule has 4 aliphatic carbocycles. The summed E-state index contributed by atoms with van der Waals surface area (Å²) >= 11 is 0. The van der Waals surface area contributed by atoms with Gasteiger partial charge in [-0.1, -0.05) is 0 Å². The van der Waals surface area contributed by atoms with Crippen molar-refractivity contribution in [3.63, 3.8) is 0 Å². The molecule has 1 spiro atoms. The van der Waals surface area contributed by atoms with Crippen LogP contribution in [-0.4, -0.2) is 68.5 Å². The van der Waals surface area contributed by atoms with Crippen LogP contribution in [0.25, 0.3) is 0 Å². The molecular weight excluding hydrogens is 468 g/mol. The van der Waals surface area contributed by atoms with E-state index < -0.39 is 24.5 Å². The molecular formula is C29H45BNO4P. The molecule has 198 valence electrons. The average molecular weight is 513 g/mol. The van der Waals surface area contributed by atoms with Gasteiger partial charge >= 0.3 is 219 Å². The van der Waals surface area contributed by atoms with Gasteiger partial charge < -0.3 is 0 Å². The Bertz CT molecular complexity index is 1050. The molecule has 5 nitrogen and oxygen atoms in total. The second kappa shape index (κ2) is 8.55. The molecule has 2 N–H and O–H groups in total. The molecule has 3 saturated carbocycles. The van der Waals surface area contributed by atoms with E-state index in [9.17, 15) is 10.2 Å². The van der Waals surface area contributed by atoms with Gasteiger partial charge in [-0.25, -0.2) is 0 Å². The molecule has 6 rings (SSSR count). The predicted octanol–water partition coefficient (Wildman–Crippen LogP) is 3.83. The first-order valence-electron chi connectivity index (χ1n) is 14.3. The monoisotopic (exact) mass is 513 g/mol. The van der Waals surface area contributed by atoms with E-state index in [1.807, 2.05) is 0 Å². The third kappa shape index (κ3) is 3.54. The fraction of sp³-hybridized carbons (Fsp3) is 0.724. The van der Waals surface area contributed by atoms with Gasteiger partial charge in [-0.3, -0.25) is 0 Å². The van der Waals surface area contributed by atoms with E-state index in [0.29, 0.717) is 31.5 Å². The van der Waals surface area contributed by atoms with Crippen LogP contribution in [0.15, 0.2) is 35.4 Å². The van der Waals surface area contributed by atoms with E-state index in [1.165, 1.54) is 22.4 Å². The second-order valence-electron chi connectivity index (χ2n) is 13.3. The number of hydrogen-bond donors (Lipinski definition) is 2. The number of anilines is 1. The van der Waals surface area contributed by atoms with Crippen molar-refractivity contribution in [2.45, 2.75) is 80.9 Å². The van der Waals surface area contributed by atoms with E-state index in [1.54, 1.807) is 0 Å². The molecule has 1 saturated heterocycles. The fourth-order valence-electron chi connectivity index (χ4n) is 9.30. The van der Waals surface area contributed by atoms with Crippen LogP contribution in [0.1, 0.15) is 69.8 Å². The maximum atomic E-state index is 12.2. The van der Waals surface area contributed by atoms with E-state index in [0.717, 1.165) is 44.9 Å². The summed E-state index contributed by atoms with van der Waals surface area (Å²) in [6, 6.07) is 9.06. The molecule has 1 aliphatic heterocycles. The zero-order valence-corrected chi connectivity index (χ0v) is 24.0. The van der Waals surface area contributed by atoms with E-state index >= 15 is 0 Å². The molecule has 36 heavy (non-hydrogen) atoms. The van der Waals surface area contributed by atoms with Crippen LogP contribution in [0, 0.1) is 17.3 Å². The number of nitrogens with zero attached hydrogens (tertiary/aromatic N) is 1. The van der Waals surface area contributed by atoms with E-state index in [-0.39, 0.29) is 11.3 Å². The molecule has 1 aromatic rings. The van der Waals surface area contributed by atoms with Gasteiger partial charge in [0.25, 0.3) is 0 Å². The van der Waals surface area contributed by atoms with Crippen molar-refractivity contribution in [1.29, 1.82) is 0 Å². The van der Waals surface area contributed by atoms with Crippen molar-refractivity contribution in [3.05, 3.63) is 41.0 Å². The summed E-state index contributed by atoms with van der Waals surface area (Å²) in [7, 11) is 5.20. The number of allylic oxidation sites excluding steroid dienone is 1. The number of benzene rings is 1. The SMILES string of the molecule is B[PH2](C)[C@]1(O)CC[C@H]2[C@@H]3CC[C@@]4(O)CC5(CCC4=C3[C@@H](c3ccc(N(C)C)cc3)C[C@@]21C)OCCO5. The Morgan fingerprint density at radius 2 is 1.72 bits per heavy atom. The summed E-state index contributed by atoms with van der Waals surface area (Å²) in [5.74, 6) is 0.579. The van der Waals surface area contributed by atoms with Crippen molar-refractivity contribution in [1.82, 2.24) is 0 Å². The summed E-state index contributed by atoms with van der Waals surface area (Å²) < 4.78 is 12.2. The second-order valence-corrected chi connectivity index (χ2v) is 16.5. The summed E-state index contributed by atoms with van der Waals surface area (Å²) in [6.07, 6.45) is 7.04. The molecule has 0 unspecified atom stereocenters. The van der Waals surface area contributed by atoms with E-state index in [2.05, 4.69) is 64.4 Å². The topological polar surface area (TPSA) is 62.2 Å². The summed E-state index contributed by atoms with van der Waals surface area (Å²) in [5.41, 5.74) is 4.41. The van der Waals surface area contributed by atoms with Gasteiger partial charge in [-0.15, -0.1) is 0 Å². The fourth-order valence-corrected chi connectivity index (χ4v) is 11.7. The number of hydrogen-bond acceptors (Lipinski definition) is 5. The first-order valence-corrected chi connectivity index (χ1v) is 17.1. The quantitative estimate of drug-likeness (QED) is 0.366. The van der Waals surface area contributed by atoms with Crippen LogP contribution in [0.2, 0.25) is 0 Å². The molecule has 0 amide bonds. The number of ether oxygens (including phenoxy) is 2. The number of fused-ring (bicyclic) bond motifs is 4. The molecule has 5 aliphatic rings. The standard InChI is InChI=1S/C29H45BNO4P/c1-26-17-22(19-5-7-20(8-6-19)31(2)3)25-21(23(26)11-14-29(26,33)36(4)30)9-12-27(32)18-28(13-10-24(25)27)34-15-16-35-28/h5-8,21-23,32-33H,9-18,30,36H2,1-4H3/t21-,22+,23-,26-,27+,29+/m0/s1. The Labute approximate surface area is 218 Å². The zero-order chi connectivity index (χ0) is 25.5. The van der Waals surface area contributed by atoms with Gasteiger partial charge in [-0.2, -0.15) is 0 Å². The molecule has 4 fully saturated rings. The Kier molecular flexibility index (Phi) is 6.03. The number of aliphatic hydroxyl groups is 2. The number of rotatable bonds is 3. The summed E-state index contributed by atoms with van der Waals surface area (Å²) in [4.78, 5) is 2.15. The van der Waals surface area contributed by atoms with Crippen LogP contribution in [0.3, 0.4) is 0 Å². The van der Waals surface area contributed by atoms with Gasteiger partial charge in [-0.05, 0) is 0 Å². The molecule has 6 atom stereocenters. The van der Waals surface area contributed by atoms with Gasteiger partial charge in [0.1, 0.15) is 0 Å². The molecule has 7 heteroatoms. The van der Waals surface area contributed by atoms with Crippen molar-refractivity contribution >= 4 is 21.1 Å². The molecule has 0 aromatic heterocycles. The summed E-state index contributed by atoms with van der Waals surface area (Å²) in [5, 5.41) is 23.8. The van der Waals surface area contributed by atoms with E-state index in [4.69, 9.17) is 9.47 Å². The summed E-state index contributed by atoms with van der Waals surface area (Å²) in [6.45, 7) is 6.01. The first-order chi connectivity index (χ1) is 17.0. The third-order valence-electron chi connectivity index (χ3n) is 11.2. The van der Waals surface area contributed by atoms with Gasteiger partial charge in [0, 0.05) is 0 Å². The minimum absolute atomic E-state index is 0.0734. The third-order valence-corrected chi connectivity index (χ3v) is 14.1. The Morgan fingerprint density at radius 3 is 2.36 bits per heavy atom. The average Bonchev–Trinajstić information content (AvgIpc) is 3.40. The molecule has 0 radical (unpaired) electrons. The van der Waals surface area contributed by atoms with Crippen molar-refractivity contribution < 1.29 is 19.7 Å². The van der Waals surface area contributed by atoms with Crippen molar-refractivity contribution in [2.24, 2.45) is 17.3 Å². The van der Waals surface area contributed by atoms with Crippen LogP contribution in [-0.2, 0) is 9.47 Å². The van der Waals surface area contributed by atoms with Gasteiger partial charge in [0.05, 0.1) is 0 Å². The predicted molar refractivity (Wildman–Crippen MR) is 151 cm³/mol.